The molecule has 26 heavy (non-hydrogen) atoms. The van der Waals surface area contributed by atoms with Crippen molar-refractivity contribution in [2.45, 2.75) is 19.0 Å². The molecule has 2 aromatic carbocycles. The highest BCUT2D eigenvalue weighted by atomic mass is 19.4. The number of nitro groups is 1. The van der Waals surface area contributed by atoms with E-state index in [1.54, 1.807) is 36.4 Å². The van der Waals surface area contributed by atoms with Crippen LogP contribution in [0.5, 0.6) is 0 Å². The number of nitrogens with zero attached hydrogens (tertiary/aromatic N) is 2. The molecule has 2 rings (SSSR count). The highest BCUT2D eigenvalue weighted by Crippen LogP contribution is 2.20. The van der Waals surface area contributed by atoms with Gasteiger partial charge in [0.2, 0.25) is 0 Å². The van der Waals surface area contributed by atoms with E-state index in [-0.39, 0.29) is 31.6 Å². The van der Waals surface area contributed by atoms with Gasteiger partial charge < -0.3 is 4.90 Å². The topological polar surface area (TPSA) is 63.5 Å². The number of amides is 1. The summed E-state index contributed by atoms with van der Waals surface area (Å²) in [6.07, 6.45) is -4.57. The van der Waals surface area contributed by atoms with Gasteiger partial charge >= 0.3 is 12.1 Å². The molecule has 0 unspecified atom stereocenters. The lowest BCUT2D eigenvalue weighted by Crippen LogP contribution is -2.43. The third kappa shape index (κ3) is 5.58. The number of carbonyl (C=O) groups excluding carboxylic acids is 1. The van der Waals surface area contributed by atoms with Crippen molar-refractivity contribution < 1.29 is 22.9 Å². The maximum absolute atomic E-state index is 12.8. The van der Waals surface area contributed by atoms with Crippen LogP contribution in [0.2, 0.25) is 0 Å². The molecule has 0 fully saturated rings. The van der Waals surface area contributed by atoms with Crippen LogP contribution in [0.4, 0.5) is 18.9 Å². The van der Waals surface area contributed by atoms with E-state index in [0.717, 1.165) is 10.5 Å². The Morgan fingerprint density at radius 2 is 1.54 bits per heavy atom. The van der Waals surface area contributed by atoms with Crippen molar-refractivity contribution in [1.29, 1.82) is 0 Å². The molecule has 0 aromatic heterocycles. The molecule has 0 saturated heterocycles. The first-order valence-electron chi connectivity index (χ1n) is 7.91. The molecule has 1 amide bonds. The summed E-state index contributed by atoms with van der Waals surface area (Å²) in [7, 11) is 0. The van der Waals surface area contributed by atoms with Crippen molar-refractivity contribution in [3.63, 3.8) is 0 Å². The smallest absolute Gasteiger partial charge is 0.334 e. The van der Waals surface area contributed by atoms with Crippen molar-refractivity contribution in [3.8, 4) is 0 Å². The lowest BCUT2D eigenvalue weighted by molar-refractivity contribution is -0.384. The van der Waals surface area contributed by atoms with Crippen LogP contribution in [0.25, 0.3) is 0 Å². The molecule has 0 bridgehead atoms. The number of hydrogen-bond acceptors (Lipinski definition) is 3. The number of alkyl halides is 3. The first-order chi connectivity index (χ1) is 12.3. The molecule has 8 heteroatoms. The largest absolute Gasteiger partial charge is 0.471 e. The molecule has 2 aromatic rings. The van der Waals surface area contributed by atoms with Gasteiger partial charge in [-0.2, -0.15) is 13.2 Å². The number of halogens is 3. The van der Waals surface area contributed by atoms with E-state index in [1.807, 2.05) is 0 Å². The van der Waals surface area contributed by atoms with E-state index < -0.39 is 17.0 Å². The van der Waals surface area contributed by atoms with Gasteiger partial charge in [0.05, 0.1) is 4.92 Å². The summed E-state index contributed by atoms with van der Waals surface area (Å²) in [6, 6.07) is 14.5. The third-order valence-corrected chi connectivity index (χ3v) is 3.83. The fraction of sp³-hybridized carbons (Fsp3) is 0.278. The first-order valence-corrected chi connectivity index (χ1v) is 7.91. The number of nitro benzene ring substituents is 1. The molecular formula is C18H17F3N2O3. The Morgan fingerprint density at radius 3 is 2.12 bits per heavy atom. The highest BCUT2D eigenvalue weighted by molar-refractivity contribution is 5.81. The van der Waals surface area contributed by atoms with E-state index in [0.29, 0.717) is 5.56 Å². The fourth-order valence-electron chi connectivity index (χ4n) is 2.49. The average Bonchev–Trinajstić information content (AvgIpc) is 2.61. The number of non-ortho nitro benzene ring substituents is 1. The van der Waals surface area contributed by atoms with E-state index >= 15 is 0 Å². The number of carbonyl (C=O) groups is 1. The van der Waals surface area contributed by atoms with Crippen LogP contribution in [0.1, 0.15) is 11.1 Å². The van der Waals surface area contributed by atoms with Gasteiger partial charge in [0.25, 0.3) is 5.69 Å². The summed E-state index contributed by atoms with van der Waals surface area (Å²) in [5.41, 5.74) is 1.18. The Morgan fingerprint density at radius 1 is 0.962 bits per heavy atom. The van der Waals surface area contributed by atoms with Crippen LogP contribution in [0.3, 0.4) is 0 Å². The van der Waals surface area contributed by atoms with Gasteiger partial charge in [-0.1, -0.05) is 42.5 Å². The minimum atomic E-state index is -4.96. The van der Waals surface area contributed by atoms with Crippen molar-refractivity contribution >= 4 is 11.6 Å². The van der Waals surface area contributed by atoms with Crippen molar-refractivity contribution in [1.82, 2.24) is 4.90 Å². The Balaban J connectivity index is 2.07. The zero-order valence-corrected chi connectivity index (χ0v) is 13.8. The van der Waals surface area contributed by atoms with Crippen LogP contribution >= 0.6 is 0 Å². The highest BCUT2D eigenvalue weighted by Gasteiger charge is 2.42. The predicted molar refractivity (Wildman–Crippen MR) is 89.6 cm³/mol. The third-order valence-electron chi connectivity index (χ3n) is 3.83. The standard InChI is InChI=1S/C18H17F3N2O3/c19-18(20,21)17(24)22(11-9-14-5-2-1-3-6-14)12-10-15-7-4-8-16(13-15)23(25)26/h1-8,13H,9-12H2. The minimum Gasteiger partial charge on any atom is -0.334 e. The molecule has 0 aliphatic carbocycles. The van der Waals surface area contributed by atoms with Crippen LogP contribution in [0, 0.1) is 10.1 Å². The van der Waals surface area contributed by atoms with E-state index in [4.69, 9.17) is 0 Å². The zero-order chi connectivity index (χ0) is 19.2. The first kappa shape index (κ1) is 19.4. The summed E-state index contributed by atoms with van der Waals surface area (Å²) >= 11 is 0. The summed E-state index contributed by atoms with van der Waals surface area (Å²) in [6.45, 7) is -0.260. The molecular weight excluding hydrogens is 349 g/mol. The molecule has 0 saturated carbocycles. The second-order valence-corrected chi connectivity index (χ2v) is 5.70. The summed E-state index contributed by atoms with van der Waals surface area (Å²) in [5.74, 6) is -1.90. The molecule has 0 aliphatic heterocycles. The lowest BCUT2D eigenvalue weighted by atomic mass is 10.1. The van der Waals surface area contributed by atoms with Crippen LogP contribution < -0.4 is 0 Å². The van der Waals surface area contributed by atoms with Crippen LogP contribution in [-0.2, 0) is 17.6 Å². The number of benzene rings is 2. The van der Waals surface area contributed by atoms with Gasteiger partial charge in [0, 0.05) is 25.2 Å². The Labute approximate surface area is 148 Å². The van der Waals surface area contributed by atoms with Gasteiger partial charge in [0.1, 0.15) is 0 Å². The monoisotopic (exact) mass is 366 g/mol. The maximum atomic E-state index is 12.8. The fourth-order valence-corrected chi connectivity index (χ4v) is 2.49. The minimum absolute atomic E-state index is 0.0860. The van der Waals surface area contributed by atoms with Crippen molar-refractivity contribution in [3.05, 3.63) is 75.8 Å². The second kappa shape index (κ2) is 8.46. The lowest BCUT2D eigenvalue weighted by Gasteiger charge is -2.24. The molecule has 0 aliphatic rings. The molecule has 0 N–H and O–H groups in total. The summed E-state index contributed by atoms with van der Waals surface area (Å²) in [5, 5.41) is 10.8. The zero-order valence-electron chi connectivity index (χ0n) is 13.8. The van der Waals surface area contributed by atoms with Crippen molar-refractivity contribution in [2.24, 2.45) is 0 Å². The Hall–Kier alpha value is -2.90. The van der Waals surface area contributed by atoms with Gasteiger partial charge in [-0.15, -0.1) is 0 Å². The quantitative estimate of drug-likeness (QED) is 0.553. The van der Waals surface area contributed by atoms with Gasteiger partial charge in [0.15, 0.2) is 0 Å². The molecule has 0 heterocycles. The van der Waals surface area contributed by atoms with Gasteiger partial charge in [-0.05, 0) is 24.0 Å². The molecule has 138 valence electrons. The average molecular weight is 366 g/mol. The summed E-state index contributed by atoms with van der Waals surface area (Å²) < 4.78 is 38.5. The molecule has 0 spiro atoms. The Bertz CT molecular complexity index is 764. The van der Waals surface area contributed by atoms with E-state index in [2.05, 4.69) is 0 Å². The van der Waals surface area contributed by atoms with Crippen molar-refractivity contribution in [2.75, 3.05) is 13.1 Å². The van der Waals surface area contributed by atoms with Crippen LogP contribution in [0.15, 0.2) is 54.6 Å². The molecule has 0 atom stereocenters. The van der Waals surface area contributed by atoms with Crippen LogP contribution in [-0.4, -0.2) is 35.0 Å². The number of hydrogen-bond donors (Lipinski definition) is 0. The second-order valence-electron chi connectivity index (χ2n) is 5.70. The summed E-state index contributed by atoms with van der Waals surface area (Å²) in [4.78, 5) is 22.6. The molecule has 0 radical (unpaired) electrons. The normalized spacial score (nSPS) is 11.2. The maximum Gasteiger partial charge on any atom is 0.471 e. The Kier molecular flexibility index (Phi) is 6.32. The van der Waals surface area contributed by atoms with E-state index in [1.165, 1.54) is 18.2 Å². The van der Waals surface area contributed by atoms with E-state index in [9.17, 15) is 28.1 Å². The van der Waals surface area contributed by atoms with Gasteiger partial charge in [-0.25, -0.2) is 0 Å². The van der Waals surface area contributed by atoms with Gasteiger partial charge in [-0.3, -0.25) is 14.9 Å². The SMILES string of the molecule is O=C(N(CCc1ccccc1)CCc1cccc([N+](=O)[O-])c1)C(F)(F)F. The predicted octanol–water partition coefficient (Wildman–Crippen LogP) is 3.77. The molecule has 5 nitrogen and oxygen atoms in total. The number of rotatable bonds is 7.